The molecule has 0 aliphatic heterocycles. The van der Waals surface area contributed by atoms with Crippen LogP contribution < -0.4 is 15.6 Å². The van der Waals surface area contributed by atoms with Crippen molar-refractivity contribution >= 4 is 22.4 Å². The third kappa shape index (κ3) is 4.33. The number of pyridine rings is 1. The molecule has 1 saturated carbocycles. The molecule has 0 aromatic carbocycles. The predicted octanol–water partition coefficient (Wildman–Crippen LogP) is 3.84. The van der Waals surface area contributed by atoms with Gasteiger partial charge in [-0.1, -0.05) is 32.1 Å². The fourth-order valence-corrected chi connectivity index (χ4v) is 4.29. The lowest BCUT2D eigenvalue weighted by Gasteiger charge is -2.26. The number of thiazole rings is 1. The number of aromatic amines is 1. The molecule has 2 N–H and O–H groups in total. The highest BCUT2D eigenvalue weighted by Gasteiger charge is 2.31. The molecule has 3 rings (SSSR count). The monoisotopic (exact) mass is 375 g/mol. The van der Waals surface area contributed by atoms with Crippen LogP contribution in [0, 0.1) is 12.8 Å². The molecule has 2 heterocycles. The molecule has 7 heteroatoms. The summed E-state index contributed by atoms with van der Waals surface area (Å²) in [4.78, 5) is 32.7. The zero-order valence-electron chi connectivity index (χ0n) is 15.2. The van der Waals surface area contributed by atoms with Crippen LogP contribution in [0.1, 0.15) is 55.7 Å². The summed E-state index contributed by atoms with van der Waals surface area (Å²) in [5, 5.41) is 5.22. The Kier molecular flexibility index (Phi) is 6.08. The van der Waals surface area contributed by atoms with Crippen LogP contribution in [-0.2, 0) is 4.79 Å². The summed E-state index contributed by atoms with van der Waals surface area (Å²) in [5.74, 6) is 0.169. The Hall–Kier alpha value is -2.15. The first-order chi connectivity index (χ1) is 12.6. The van der Waals surface area contributed by atoms with E-state index in [4.69, 9.17) is 4.74 Å². The number of nitrogens with zero attached hydrogens (tertiary/aromatic N) is 1. The Labute approximate surface area is 157 Å². The van der Waals surface area contributed by atoms with Gasteiger partial charge in [0.15, 0.2) is 5.13 Å². The van der Waals surface area contributed by atoms with E-state index in [1.807, 2.05) is 5.38 Å². The number of ether oxygens (including phenoxy) is 1. The number of carbonyl (C=O) groups excluding carboxylic acids is 1. The minimum absolute atomic E-state index is 0.196. The van der Waals surface area contributed by atoms with Gasteiger partial charge in [0.25, 0.3) is 5.56 Å². The van der Waals surface area contributed by atoms with Crippen LogP contribution in [0.3, 0.4) is 0 Å². The topological polar surface area (TPSA) is 84.1 Å². The molecule has 2 aromatic heterocycles. The first-order valence-electron chi connectivity index (χ1n) is 9.06. The first kappa shape index (κ1) is 18.6. The molecule has 0 radical (unpaired) electrons. The molecule has 1 aliphatic carbocycles. The molecule has 1 aliphatic rings. The van der Waals surface area contributed by atoms with Crippen molar-refractivity contribution in [2.24, 2.45) is 5.92 Å². The third-order valence-electron chi connectivity index (χ3n) is 5.01. The average molecular weight is 375 g/mol. The van der Waals surface area contributed by atoms with Gasteiger partial charge < -0.3 is 15.0 Å². The number of carbonyl (C=O) groups is 1. The van der Waals surface area contributed by atoms with Gasteiger partial charge in [-0.25, -0.2) is 4.98 Å². The highest BCUT2D eigenvalue weighted by atomic mass is 32.1. The molecule has 140 valence electrons. The number of amides is 1. The van der Waals surface area contributed by atoms with Crippen LogP contribution >= 0.6 is 11.3 Å². The van der Waals surface area contributed by atoms with Crippen molar-refractivity contribution in [1.82, 2.24) is 9.97 Å². The number of anilines is 1. The molecule has 0 saturated heterocycles. The van der Waals surface area contributed by atoms with E-state index in [9.17, 15) is 9.59 Å². The quantitative estimate of drug-likeness (QED) is 0.803. The fraction of sp³-hybridized carbons (Fsp3) is 0.526. The van der Waals surface area contributed by atoms with Crippen LogP contribution in [0.15, 0.2) is 22.4 Å². The van der Waals surface area contributed by atoms with Gasteiger partial charge in [-0.15, -0.1) is 11.3 Å². The van der Waals surface area contributed by atoms with E-state index >= 15 is 0 Å². The van der Waals surface area contributed by atoms with E-state index in [0.29, 0.717) is 34.5 Å². The van der Waals surface area contributed by atoms with Crippen molar-refractivity contribution < 1.29 is 9.53 Å². The Morgan fingerprint density at radius 2 is 2.19 bits per heavy atom. The van der Waals surface area contributed by atoms with Crippen molar-refractivity contribution in [1.29, 1.82) is 0 Å². The molecule has 0 spiro atoms. The van der Waals surface area contributed by atoms with Crippen molar-refractivity contribution in [2.45, 2.75) is 51.4 Å². The largest absolute Gasteiger partial charge is 0.496 e. The lowest BCUT2D eigenvalue weighted by Crippen LogP contribution is -2.30. The third-order valence-corrected chi connectivity index (χ3v) is 5.70. The fourth-order valence-electron chi connectivity index (χ4n) is 3.76. The summed E-state index contributed by atoms with van der Waals surface area (Å²) in [6.45, 7) is 1.81. The Bertz CT molecular complexity index is 795. The standard InChI is InChI=1S/C19H25N3O3S/c1-12-10-15(25-2)16(18(24)21-12)14(11-13-6-4-3-5-7-13)17(23)22-19-20-8-9-26-19/h8-10,13-14H,3-7,11H2,1-2H3,(H,21,24)(H,20,22,23). The van der Waals surface area contributed by atoms with Crippen molar-refractivity contribution in [3.63, 3.8) is 0 Å². The SMILES string of the molecule is COc1cc(C)[nH]c(=O)c1C(CC1CCCCC1)C(=O)Nc1nccs1. The molecule has 26 heavy (non-hydrogen) atoms. The lowest BCUT2D eigenvalue weighted by molar-refractivity contribution is -0.118. The second kappa shape index (κ2) is 8.49. The number of hydrogen-bond acceptors (Lipinski definition) is 5. The molecular weight excluding hydrogens is 350 g/mol. The number of H-pyrrole nitrogens is 1. The molecule has 1 fully saturated rings. The predicted molar refractivity (Wildman–Crippen MR) is 103 cm³/mol. The maximum atomic E-state index is 13.0. The van der Waals surface area contributed by atoms with E-state index in [0.717, 1.165) is 12.8 Å². The number of hydrogen-bond donors (Lipinski definition) is 2. The Morgan fingerprint density at radius 3 is 2.85 bits per heavy atom. The van der Waals surface area contributed by atoms with Gasteiger partial charge >= 0.3 is 0 Å². The summed E-state index contributed by atoms with van der Waals surface area (Å²) in [7, 11) is 1.54. The van der Waals surface area contributed by atoms with Gasteiger partial charge in [0.05, 0.1) is 18.6 Å². The van der Waals surface area contributed by atoms with Crippen LogP contribution in [0.5, 0.6) is 5.75 Å². The Balaban J connectivity index is 1.94. The van der Waals surface area contributed by atoms with Gasteiger partial charge in [-0.05, 0) is 25.3 Å². The van der Waals surface area contributed by atoms with E-state index < -0.39 is 5.92 Å². The normalized spacial score (nSPS) is 16.2. The van der Waals surface area contributed by atoms with Crippen LogP contribution in [-0.4, -0.2) is 23.0 Å². The average Bonchev–Trinajstić information content (AvgIpc) is 3.13. The van der Waals surface area contributed by atoms with Gasteiger partial charge in [0, 0.05) is 17.3 Å². The smallest absolute Gasteiger partial charge is 0.255 e. The minimum atomic E-state index is -0.554. The highest BCUT2D eigenvalue weighted by molar-refractivity contribution is 7.13. The van der Waals surface area contributed by atoms with Crippen molar-refractivity contribution in [3.05, 3.63) is 39.3 Å². The van der Waals surface area contributed by atoms with Crippen LogP contribution in [0.25, 0.3) is 0 Å². The molecule has 1 amide bonds. The summed E-state index contributed by atoms with van der Waals surface area (Å²) in [5.41, 5.74) is 0.877. The number of methoxy groups -OCH3 is 1. The van der Waals surface area contributed by atoms with E-state index in [-0.39, 0.29) is 11.5 Å². The van der Waals surface area contributed by atoms with Crippen LogP contribution in [0.2, 0.25) is 0 Å². The summed E-state index contributed by atoms with van der Waals surface area (Å²) < 4.78 is 5.45. The second-order valence-electron chi connectivity index (χ2n) is 6.88. The van der Waals surface area contributed by atoms with Crippen molar-refractivity contribution in [2.75, 3.05) is 12.4 Å². The highest BCUT2D eigenvalue weighted by Crippen LogP contribution is 2.35. The summed E-state index contributed by atoms with van der Waals surface area (Å²) in [6.07, 6.45) is 8.14. The molecule has 1 atom stereocenters. The molecule has 6 nitrogen and oxygen atoms in total. The van der Waals surface area contributed by atoms with Gasteiger partial charge in [-0.2, -0.15) is 0 Å². The summed E-state index contributed by atoms with van der Waals surface area (Å²) in [6, 6.07) is 1.78. The zero-order chi connectivity index (χ0) is 18.5. The van der Waals surface area contributed by atoms with E-state index in [2.05, 4.69) is 15.3 Å². The number of aryl methyl sites for hydroxylation is 1. The van der Waals surface area contributed by atoms with E-state index in [1.165, 1.54) is 37.7 Å². The minimum Gasteiger partial charge on any atom is -0.496 e. The maximum Gasteiger partial charge on any atom is 0.255 e. The van der Waals surface area contributed by atoms with Crippen LogP contribution in [0.4, 0.5) is 5.13 Å². The first-order valence-corrected chi connectivity index (χ1v) is 9.94. The number of nitrogens with one attached hydrogen (secondary N) is 2. The molecule has 2 aromatic rings. The van der Waals surface area contributed by atoms with Gasteiger partial charge in [0.1, 0.15) is 5.75 Å². The second-order valence-corrected chi connectivity index (χ2v) is 7.78. The number of aromatic nitrogens is 2. The molecule has 0 bridgehead atoms. The number of rotatable bonds is 6. The van der Waals surface area contributed by atoms with Gasteiger partial charge in [-0.3, -0.25) is 9.59 Å². The Morgan fingerprint density at radius 1 is 1.42 bits per heavy atom. The molecular formula is C19H25N3O3S. The zero-order valence-corrected chi connectivity index (χ0v) is 16.0. The van der Waals surface area contributed by atoms with E-state index in [1.54, 1.807) is 19.2 Å². The maximum absolute atomic E-state index is 13.0. The molecule has 1 unspecified atom stereocenters. The lowest BCUT2D eigenvalue weighted by atomic mass is 9.80. The van der Waals surface area contributed by atoms with Gasteiger partial charge in [0.2, 0.25) is 5.91 Å². The summed E-state index contributed by atoms with van der Waals surface area (Å²) >= 11 is 1.37. The van der Waals surface area contributed by atoms with Crippen molar-refractivity contribution in [3.8, 4) is 5.75 Å².